The minimum atomic E-state index is 0.212. The number of hydrogen-bond donors (Lipinski definition) is 1. The van der Waals surface area contributed by atoms with E-state index in [0.717, 1.165) is 15.8 Å². The molecule has 0 saturated heterocycles. The van der Waals surface area contributed by atoms with Gasteiger partial charge in [0, 0.05) is 9.35 Å². The van der Waals surface area contributed by atoms with Crippen LogP contribution >= 0.6 is 27.3 Å². The summed E-state index contributed by atoms with van der Waals surface area (Å²) in [5.41, 5.74) is 2.40. The number of aryl methyl sites for hydroxylation is 1. The Kier molecular flexibility index (Phi) is 4.43. The Labute approximate surface area is 120 Å². The van der Waals surface area contributed by atoms with Crippen LogP contribution in [0.2, 0.25) is 0 Å². The minimum Gasteiger partial charge on any atom is -0.496 e. The number of ether oxygens (including phenoxy) is 1. The zero-order chi connectivity index (χ0) is 13.1. The van der Waals surface area contributed by atoms with Gasteiger partial charge >= 0.3 is 0 Å². The first-order valence-corrected chi connectivity index (χ1v) is 7.39. The smallest absolute Gasteiger partial charge is 0.121 e. The Morgan fingerprint density at radius 2 is 2.11 bits per heavy atom. The van der Waals surface area contributed by atoms with E-state index >= 15 is 0 Å². The van der Waals surface area contributed by atoms with E-state index in [1.54, 1.807) is 18.4 Å². The van der Waals surface area contributed by atoms with Crippen molar-refractivity contribution in [3.63, 3.8) is 0 Å². The standard InChI is InChI=1S/C14H16BrNOS/c1-9-8-10(4-5-12(9)17-3)13(16-2)14-11(15)6-7-18-14/h4-8,13,16H,1-3H3. The molecule has 0 aliphatic carbocycles. The monoisotopic (exact) mass is 325 g/mol. The third-order valence-electron chi connectivity index (χ3n) is 2.95. The number of thiophene rings is 1. The first-order valence-electron chi connectivity index (χ1n) is 5.72. The van der Waals surface area contributed by atoms with Crippen molar-refractivity contribution in [1.82, 2.24) is 5.32 Å². The van der Waals surface area contributed by atoms with Gasteiger partial charge in [-0.25, -0.2) is 0 Å². The van der Waals surface area contributed by atoms with Crippen molar-refractivity contribution >= 4 is 27.3 Å². The van der Waals surface area contributed by atoms with Crippen LogP contribution in [0, 0.1) is 6.92 Å². The Hall–Kier alpha value is -0.840. The normalized spacial score (nSPS) is 12.4. The molecule has 0 bridgehead atoms. The molecule has 1 N–H and O–H groups in total. The first-order chi connectivity index (χ1) is 8.67. The van der Waals surface area contributed by atoms with Gasteiger partial charge in [0.1, 0.15) is 5.75 Å². The molecule has 18 heavy (non-hydrogen) atoms. The van der Waals surface area contributed by atoms with E-state index in [9.17, 15) is 0 Å². The first kappa shape index (κ1) is 13.6. The lowest BCUT2D eigenvalue weighted by molar-refractivity contribution is 0.411. The van der Waals surface area contributed by atoms with E-state index in [1.165, 1.54) is 10.4 Å². The molecule has 1 aromatic carbocycles. The quantitative estimate of drug-likeness (QED) is 0.912. The zero-order valence-corrected chi connectivity index (χ0v) is 13.1. The Morgan fingerprint density at radius 1 is 1.33 bits per heavy atom. The highest BCUT2D eigenvalue weighted by molar-refractivity contribution is 9.10. The summed E-state index contributed by atoms with van der Waals surface area (Å²) in [5.74, 6) is 0.929. The Morgan fingerprint density at radius 3 is 2.61 bits per heavy atom. The predicted molar refractivity (Wildman–Crippen MR) is 80.7 cm³/mol. The zero-order valence-electron chi connectivity index (χ0n) is 10.7. The van der Waals surface area contributed by atoms with Crippen LogP contribution in [0.5, 0.6) is 5.75 Å². The fraction of sp³-hybridized carbons (Fsp3) is 0.286. The molecule has 1 aromatic heterocycles. The average molecular weight is 326 g/mol. The molecule has 1 heterocycles. The summed E-state index contributed by atoms with van der Waals surface area (Å²) in [6.45, 7) is 2.07. The lowest BCUT2D eigenvalue weighted by atomic mass is 10.0. The highest BCUT2D eigenvalue weighted by Crippen LogP contribution is 2.34. The number of halogens is 1. The van der Waals surface area contributed by atoms with Gasteiger partial charge in [0.25, 0.3) is 0 Å². The summed E-state index contributed by atoms with van der Waals surface area (Å²) in [6.07, 6.45) is 0. The summed E-state index contributed by atoms with van der Waals surface area (Å²) >= 11 is 5.35. The highest BCUT2D eigenvalue weighted by Gasteiger charge is 2.17. The van der Waals surface area contributed by atoms with Crippen molar-refractivity contribution in [3.05, 3.63) is 50.1 Å². The van der Waals surface area contributed by atoms with Crippen molar-refractivity contribution in [2.45, 2.75) is 13.0 Å². The molecule has 1 unspecified atom stereocenters. The number of nitrogens with one attached hydrogen (secondary N) is 1. The van der Waals surface area contributed by atoms with Gasteiger partial charge in [-0.05, 0) is 58.5 Å². The lowest BCUT2D eigenvalue weighted by Gasteiger charge is -2.17. The molecule has 0 radical (unpaired) electrons. The molecule has 0 spiro atoms. The third-order valence-corrected chi connectivity index (χ3v) is 4.88. The maximum Gasteiger partial charge on any atom is 0.121 e. The molecular formula is C14H16BrNOS. The van der Waals surface area contributed by atoms with Crippen LogP contribution in [-0.4, -0.2) is 14.2 Å². The van der Waals surface area contributed by atoms with Gasteiger partial charge in [0.2, 0.25) is 0 Å². The maximum atomic E-state index is 5.30. The van der Waals surface area contributed by atoms with Gasteiger partial charge in [0.05, 0.1) is 13.2 Å². The van der Waals surface area contributed by atoms with Crippen LogP contribution in [0.1, 0.15) is 22.0 Å². The van der Waals surface area contributed by atoms with E-state index in [4.69, 9.17) is 4.74 Å². The summed E-state index contributed by atoms with van der Waals surface area (Å²) < 4.78 is 6.45. The molecular weight excluding hydrogens is 310 g/mol. The molecule has 1 atom stereocenters. The van der Waals surface area contributed by atoms with Gasteiger partial charge in [-0.15, -0.1) is 11.3 Å². The molecule has 96 valence electrons. The van der Waals surface area contributed by atoms with Crippen LogP contribution in [-0.2, 0) is 0 Å². The van der Waals surface area contributed by atoms with Crippen LogP contribution in [0.4, 0.5) is 0 Å². The van der Waals surface area contributed by atoms with Crippen molar-refractivity contribution in [3.8, 4) is 5.75 Å². The van der Waals surface area contributed by atoms with Crippen molar-refractivity contribution in [2.75, 3.05) is 14.2 Å². The van der Waals surface area contributed by atoms with Crippen LogP contribution in [0.25, 0.3) is 0 Å². The third kappa shape index (κ3) is 2.60. The molecule has 0 fully saturated rings. The Bertz CT molecular complexity index is 538. The van der Waals surface area contributed by atoms with Gasteiger partial charge in [-0.3, -0.25) is 0 Å². The summed E-state index contributed by atoms with van der Waals surface area (Å²) in [6, 6.07) is 8.60. The molecule has 2 nitrogen and oxygen atoms in total. The fourth-order valence-electron chi connectivity index (χ4n) is 2.04. The summed E-state index contributed by atoms with van der Waals surface area (Å²) in [7, 11) is 3.68. The topological polar surface area (TPSA) is 21.3 Å². The summed E-state index contributed by atoms with van der Waals surface area (Å²) in [5, 5.41) is 5.46. The Balaban J connectivity index is 2.40. The largest absolute Gasteiger partial charge is 0.496 e. The molecule has 0 aliphatic heterocycles. The van der Waals surface area contributed by atoms with Crippen LogP contribution in [0.3, 0.4) is 0 Å². The maximum absolute atomic E-state index is 5.30. The predicted octanol–water partition coefficient (Wildman–Crippen LogP) is 4.14. The second-order valence-corrected chi connectivity index (χ2v) is 5.89. The SMILES string of the molecule is CNC(c1ccc(OC)c(C)c1)c1sccc1Br. The molecule has 2 rings (SSSR count). The molecule has 0 aliphatic rings. The van der Waals surface area contributed by atoms with Gasteiger partial charge in [-0.2, -0.15) is 0 Å². The average Bonchev–Trinajstić information content (AvgIpc) is 2.77. The molecule has 4 heteroatoms. The van der Waals surface area contributed by atoms with Crippen molar-refractivity contribution in [1.29, 1.82) is 0 Å². The number of methoxy groups -OCH3 is 1. The highest BCUT2D eigenvalue weighted by atomic mass is 79.9. The van der Waals surface area contributed by atoms with E-state index in [1.807, 2.05) is 13.1 Å². The minimum absolute atomic E-state index is 0.212. The lowest BCUT2D eigenvalue weighted by Crippen LogP contribution is -2.17. The van der Waals surface area contributed by atoms with Crippen LogP contribution in [0.15, 0.2) is 34.1 Å². The van der Waals surface area contributed by atoms with Gasteiger partial charge < -0.3 is 10.1 Å². The molecule has 0 amide bonds. The summed E-state index contributed by atoms with van der Waals surface area (Å²) in [4.78, 5) is 1.29. The number of hydrogen-bond acceptors (Lipinski definition) is 3. The molecule has 0 saturated carbocycles. The van der Waals surface area contributed by atoms with Crippen molar-refractivity contribution < 1.29 is 4.74 Å². The molecule has 2 aromatic rings. The second kappa shape index (κ2) is 5.87. The van der Waals surface area contributed by atoms with Crippen LogP contribution < -0.4 is 10.1 Å². The van der Waals surface area contributed by atoms with E-state index < -0.39 is 0 Å². The van der Waals surface area contributed by atoms with Gasteiger partial charge in [0.15, 0.2) is 0 Å². The van der Waals surface area contributed by atoms with Gasteiger partial charge in [-0.1, -0.05) is 12.1 Å². The van der Waals surface area contributed by atoms with E-state index in [-0.39, 0.29) is 6.04 Å². The second-order valence-electron chi connectivity index (χ2n) is 4.08. The van der Waals surface area contributed by atoms with E-state index in [2.05, 4.69) is 51.7 Å². The van der Waals surface area contributed by atoms with Crippen molar-refractivity contribution in [2.24, 2.45) is 0 Å². The number of rotatable bonds is 4. The van der Waals surface area contributed by atoms with E-state index in [0.29, 0.717) is 0 Å². The number of benzene rings is 1. The fourth-order valence-corrected chi connectivity index (χ4v) is 3.78.